The number of rotatable bonds is 2. The first-order valence-electron chi connectivity index (χ1n) is 3.56. The molecule has 2 aromatic heterocycles. The van der Waals surface area contributed by atoms with Gasteiger partial charge in [-0.3, -0.25) is 4.68 Å². The van der Waals surface area contributed by atoms with Gasteiger partial charge < -0.3 is 0 Å². The molecule has 2 aromatic rings. The minimum absolute atomic E-state index is 0.810. The van der Waals surface area contributed by atoms with Gasteiger partial charge in [-0.05, 0) is 18.2 Å². The second-order valence-corrected chi connectivity index (χ2v) is 4.21. The van der Waals surface area contributed by atoms with E-state index in [2.05, 4.69) is 5.10 Å². The minimum atomic E-state index is 0.810. The maximum Gasteiger partial charge on any atom is 0.0931 e. The monoisotopic (exact) mass is 198 g/mol. The number of hydrogen-bond donors (Lipinski definition) is 0. The van der Waals surface area contributed by atoms with Gasteiger partial charge in [0.05, 0.1) is 10.9 Å². The first-order valence-corrected chi connectivity index (χ1v) is 4.76. The second kappa shape index (κ2) is 3.29. The van der Waals surface area contributed by atoms with Gasteiger partial charge in [0, 0.05) is 17.3 Å². The summed E-state index contributed by atoms with van der Waals surface area (Å²) in [5.41, 5.74) is 0. The van der Waals surface area contributed by atoms with Crippen LogP contribution >= 0.6 is 22.9 Å². The molecule has 0 aliphatic heterocycles. The van der Waals surface area contributed by atoms with Gasteiger partial charge >= 0.3 is 0 Å². The van der Waals surface area contributed by atoms with Crippen molar-refractivity contribution in [2.75, 3.05) is 0 Å². The molecule has 0 aromatic carbocycles. The van der Waals surface area contributed by atoms with E-state index in [1.165, 1.54) is 4.88 Å². The van der Waals surface area contributed by atoms with Gasteiger partial charge in [-0.1, -0.05) is 11.6 Å². The van der Waals surface area contributed by atoms with Gasteiger partial charge in [-0.2, -0.15) is 5.10 Å². The molecule has 2 heterocycles. The Morgan fingerprint density at radius 1 is 1.50 bits per heavy atom. The van der Waals surface area contributed by atoms with Crippen LogP contribution in [-0.2, 0) is 6.54 Å². The van der Waals surface area contributed by atoms with Crippen molar-refractivity contribution < 1.29 is 0 Å². The van der Waals surface area contributed by atoms with Crippen molar-refractivity contribution in [1.29, 1.82) is 0 Å². The van der Waals surface area contributed by atoms with Crippen molar-refractivity contribution in [3.63, 3.8) is 0 Å². The third-order valence-corrected chi connectivity index (χ3v) is 2.72. The fraction of sp³-hybridized carbons (Fsp3) is 0.125. The van der Waals surface area contributed by atoms with Crippen molar-refractivity contribution in [1.82, 2.24) is 9.78 Å². The first-order chi connectivity index (χ1) is 5.84. The average molecular weight is 199 g/mol. The molecule has 0 unspecified atom stereocenters. The summed E-state index contributed by atoms with van der Waals surface area (Å²) in [5, 5.41) is 4.10. The molecule has 0 amide bonds. The number of nitrogens with zero attached hydrogens (tertiary/aromatic N) is 2. The lowest BCUT2D eigenvalue weighted by Gasteiger charge is -1.95. The Kier molecular flexibility index (Phi) is 2.15. The van der Waals surface area contributed by atoms with E-state index in [0.717, 1.165) is 10.9 Å². The third-order valence-electron chi connectivity index (χ3n) is 1.51. The van der Waals surface area contributed by atoms with Crippen LogP contribution < -0.4 is 0 Å². The molecule has 0 atom stereocenters. The maximum absolute atomic E-state index is 5.79. The number of halogens is 1. The molecule has 2 nitrogen and oxygen atoms in total. The van der Waals surface area contributed by atoms with E-state index >= 15 is 0 Å². The Balaban J connectivity index is 2.14. The van der Waals surface area contributed by atoms with E-state index in [1.54, 1.807) is 17.5 Å². The zero-order valence-electron chi connectivity index (χ0n) is 6.27. The lowest BCUT2D eigenvalue weighted by molar-refractivity contribution is 0.695. The molecule has 0 N–H and O–H groups in total. The standard InChI is InChI=1S/C8H7ClN2S/c9-8-3-2-7(12-8)6-11-5-1-4-10-11/h1-5H,6H2. The number of hydrogen-bond acceptors (Lipinski definition) is 2. The van der Waals surface area contributed by atoms with Crippen LogP contribution in [0.2, 0.25) is 4.34 Å². The number of thiophene rings is 1. The highest BCUT2D eigenvalue weighted by Crippen LogP contribution is 2.21. The highest BCUT2D eigenvalue weighted by molar-refractivity contribution is 7.16. The normalized spacial score (nSPS) is 10.4. The highest BCUT2D eigenvalue weighted by Gasteiger charge is 1.98. The predicted octanol–water partition coefficient (Wildman–Crippen LogP) is 2.65. The van der Waals surface area contributed by atoms with E-state index < -0.39 is 0 Å². The van der Waals surface area contributed by atoms with Crippen LogP contribution in [0.5, 0.6) is 0 Å². The molecule has 0 spiro atoms. The molecule has 0 aliphatic carbocycles. The van der Waals surface area contributed by atoms with E-state index in [1.807, 2.05) is 29.1 Å². The van der Waals surface area contributed by atoms with Crippen LogP contribution in [0.15, 0.2) is 30.6 Å². The van der Waals surface area contributed by atoms with Crippen LogP contribution in [0, 0.1) is 0 Å². The SMILES string of the molecule is Clc1ccc(Cn2cccn2)s1. The number of aromatic nitrogens is 2. The molecule has 2 rings (SSSR count). The van der Waals surface area contributed by atoms with Gasteiger partial charge in [0.25, 0.3) is 0 Å². The molecule has 12 heavy (non-hydrogen) atoms. The van der Waals surface area contributed by atoms with Crippen molar-refractivity contribution in [2.24, 2.45) is 0 Å². The molecule has 0 saturated heterocycles. The van der Waals surface area contributed by atoms with Crippen LogP contribution in [0.1, 0.15) is 4.88 Å². The van der Waals surface area contributed by atoms with Crippen molar-refractivity contribution in [3.05, 3.63) is 39.8 Å². The molecular formula is C8H7ClN2S. The average Bonchev–Trinajstić information content (AvgIpc) is 2.63. The van der Waals surface area contributed by atoms with Gasteiger partial charge in [0.2, 0.25) is 0 Å². The van der Waals surface area contributed by atoms with E-state index in [-0.39, 0.29) is 0 Å². The maximum atomic E-state index is 5.79. The molecule has 0 aliphatic rings. The Morgan fingerprint density at radius 3 is 3.00 bits per heavy atom. The second-order valence-electron chi connectivity index (χ2n) is 2.41. The quantitative estimate of drug-likeness (QED) is 0.726. The molecule has 0 saturated carbocycles. The van der Waals surface area contributed by atoms with Crippen LogP contribution in [0.4, 0.5) is 0 Å². The zero-order valence-corrected chi connectivity index (χ0v) is 7.85. The van der Waals surface area contributed by atoms with Crippen molar-refractivity contribution >= 4 is 22.9 Å². The Labute approximate surface area is 79.4 Å². The van der Waals surface area contributed by atoms with Crippen LogP contribution in [0.3, 0.4) is 0 Å². The van der Waals surface area contributed by atoms with E-state index in [0.29, 0.717) is 0 Å². The van der Waals surface area contributed by atoms with Crippen LogP contribution in [-0.4, -0.2) is 9.78 Å². The summed E-state index contributed by atoms with van der Waals surface area (Å²) < 4.78 is 2.71. The molecular weight excluding hydrogens is 192 g/mol. The van der Waals surface area contributed by atoms with Gasteiger partial charge in [-0.15, -0.1) is 11.3 Å². The summed E-state index contributed by atoms with van der Waals surface area (Å²) in [4.78, 5) is 1.23. The third kappa shape index (κ3) is 1.68. The first kappa shape index (κ1) is 7.83. The lowest BCUT2D eigenvalue weighted by Crippen LogP contribution is -1.96. The molecule has 0 bridgehead atoms. The summed E-state index contributed by atoms with van der Waals surface area (Å²) in [6.07, 6.45) is 3.71. The topological polar surface area (TPSA) is 17.8 Å². The summed E-state index contributed by atoms with van der Waals surface area (Å²) in [6.45, 7) is 0.810. The van der Waals surface area contributed by atoms with Crippen LogP contribution in [0.25, 0.3) is 0 Å². The molecule has 4 heteroatoms. The van der Waals surface area contributed by atoms with Crippen molar-refractivity contribution in [2.45, 2.75) is 6.54 Å². The summed E-state index contributed by atoms with van der Waals surface area (Å²) in [5.74, 6) is 0. The Hall–Kier alpha value is -0.800. The van der Waals surface area contributed by atoms with Crippen molar-refractivity contribution in [3.8, 4) is 0 Å². The minimum Gasteiger partial charge on any atom is -0.268 e. The smallest absolute Gasteiger partial charge is 0.0931 e. The van der Waals surface area contributed by atoms with E-state index in [4.69, 9.17) is 11.6 Å². The molecule has 62 valence electrons. The highest BCUT2D eigenvalue weighted by atomic mass is 35.5. The molecule has 0 radical (unpaired) electrons. The molecule has 0 fully saturated rings. The fourth-order valence-corrected chi connectivity index (χ4v) is 2.07. The summed E-state index contributed by atoms with van der Waals surface area (Å²) in [7, 11) is 0. The Bertz CT molecular complexity index is 353. The van der Waals surface area contributed by atoms with Gasteiger partial charge in [0.15, 0.2) is 0 Å². The lowest BCUT2D eigenvalue weighted by atomic mass is 10.5. The fourth-order valence-electron chi connectivity index (χ4n) is 0.990. The summed E-state index contributed by atoms with van der Waals surface area (Å²) in [6, 6.07) is 5.84. The zero-order chi connectivity index (χ0) is 8.39. The van der Waals surface area contributed by atoms with Gasteiger partial charge in [0.1, 0.15) is 0 Å². The Morgan fingerprint density at radius 2 is 2.42 bits per heavy atom. The van der Waals surface area contributed by atoms with Gasteiger partial charge in [-0.25, -0.2) is 0 Å². The summed E-state index contributed by atoms with van der Waals surface area (Å²) >= 11 is 7.38. The largest absolute Gasteiger partial charge is 0.268 e. The van der Waals surface area contributed by atoms with E-state index in [9.17, 15) is 0 Å². The predicted molar refractivity (Wildman–Crippen MR) is 50.7 cm³/mol.